The van der Waals surface area contributed by atoms with Crippen LogP contribution in [0.15, 0.2) is 206 Å². The molecule has 10 rings (SSSR count). The predicted molar refractivity (Wildman–Crippen MR) is 240 cm³/mol. The number of hydrogen-bond donors (Lipinski definition) is 0. The maximum absolute atomic E-state index is 2.42. The number of para-hydroxylation sites is 4. The molecule has 0 radical (unpaired) electrons. The van der Waals surface area contributed by atoms with Crippen LogP contribution in [-0.4, -0.2) is 0 Å². The number of anilines is 6. The van der Waals surface area contributed by atoms with Crippen LogP contribution in [-0.2, 0) is 0 Å². The van der Waals surface area contributed by atoms with Crippen LogP contribution in [0.25, 0.3) is 54.6 Å². The Kier molecular flexibility index (Phi) is 8.30. The summed E-state index contributed by atoms with van der Waals surface area (Å²) < 4.78 is 0. The molecule has 0 N–H and O–H groups in total. The molecule has 0 aliphatic heterocycles. The Morgan fingerprint density at radius 3 is 0.875 bits per heavy atom. The van der Waals surface area contributed by atoms with Crippen LogP contribution in [0.4, 0.5) is 34.1 Å². The second kappa shape index (κ2) is 13.9. The van der Waals surface area contributed by atoms with Crippen LogP contribution < -0.4 is 9.80 Å². The minimum Gasteiger partial charge on any atom is -0.310 e. The van der Waals surface area contributed by atoms with Crippen LogP contribution in [0.3, 0.4) is 0 Å². The zero-order valence-electron chi connectivity index (χ0n) is 31.5. The van der Waals surface area contributed by atoms with E-state index in [0.29, 0.717) is 0 Å². The quantitative estimate of drug-likeness (QED) is 0.144. The molecule has 0 aliphatic rings. The Labute approximate surface area is 328 Å². The van der Waals surface area contributed by atoms with Gasteiger partial charge in [-0.2, -0.15) is 0 Å². The van der Waals surface area contributed by atoms with Gasteiger partial charge in [0.1, 0.15) is 0 Å². The van der Waals surface area contributed by atoms with Gasteiger partial charge >= 0.3 is 0 Å². The van der Waals surface area contributed by atoms with E-state index in [-0.39, 0.29) is 0 Å². The van der Waals surface area contributed by atoms with Gasteiger partial charge in [0.2, 0.25) is 0 Å². The van der Waals surface area contributed by atoms with Crippen molar-refractivity contribution >= 4 is 66.4 Å². The van der Waals surface area contributed by atoms with Crippen molar-refractivity contribution in [1.29, 1.82) is 0 Å². The Hall–Kier alpha value is -7.16. The van der Waals surface area contributed by atoms with Crippen molar-refractivity contribution in [3.05, 3.63) is 217 Å². The highest BCUT2D eigenvalue weighted by Crippen LogP contribution is 2.52. The molecule has 0 fully saturated rings. The SMILES string of the molecule is Cc1ccc(-c2cc(N(c3ccccc3)c3ccccc3)c3ccc4c(-c5ccc(C)cc5)cc(N(c5ccccc5)c5ccccc5)c5ccc2c3c45)cc1. The number of hydrogen-bond acceptors (Lipinski definition) is 2. The molecule has 0 bridgehead atoms. The molecule has 0 saturated carbocycles. The van der Waals surface area contributed by atoms with Crippen molar-refractivity contribution < 1.29 is 0 Å². The molecule has 56 heavy (non-hydrogen) atoms. The van der Waals surface area contributed by atoms with Crippen molar-refractivity contribution in [2.45, 2.75) is 13.8 Å². The van der Waals surface area contributed by atoms with Gasteiger partial charge in [0, 0.05) is 44.3 Å². The molecular formula is C54H40N2. The first-order valence-electron chi connectivity index (χ1n) is 19.4. The van der Waals surface area contributed by atoms with E-state index >= 15 is 0 Å². The van der Waals surface area contributed by atoms with E-state index in [4.69, 9.17) is 0 Å². The molecule has 10 aromatic carbocycles. The Balaban J connectivity index is 1.39. The van der Waals surface area contributed by atoms with Crippen molar-refractivity contribution in [2.75, 3.05) is 9.80 Å². The zero-order valence-corrected chi connectivity index (χ0v) is 31.5. The molecule has 266 valence electrons. The molecule has 2 nitrogen and oxygen atoms in total. The van der Waals surface area contributed by atoms with Crippen LogP contribution in [0, 0.1) is 13.8 Å². The molecule has 0 heterocycles. The Morgan fingerprint density at radius 1 is 0.286 bits per heavy atom. The van der Waals surface area contributed by atoms with Crippen molar-refractivity contribution in [3.8, 4) is 22.3 Å². The third-order valence-corrected chi connectivity index (χ3v) is 11.1. The lowest BCUT2D eigenvalue weighted by Crippen LogP contribution is -2.12. The van der Waals surface area contributed by atoms with E-state index in [9.17, 15) is 0 Å². The van der Waals surface area contributed by atoms with Gasteiger partial charge in [-0.25, -0.2) is 0 Å². The summed E-state index contributed by atoms with van der Waals surface area (Å²) in [5, 5.41) is 7.43. The number of aryl methyl sites for hydroxylation is 2. The minimum absolute atomic E-state index is 1.11. The summed E-state index contributed by atoms with van der Waals surface area (Å²) in [6, 6.07) is 75.4. The fourth-order valence-corrected chi connectivity index (χ4v) is 8.43. The molecule has 0 amide bonds. The van der Waals surface area contributed by atoms with Gasteiger partial charge < -0.3 is 9.80 Å². The average Bonchev–Trinajstić information content (AvgIpc) is 3.26. The molecular weight excluding hydrogens is 677 g/mol. The average molecular weight is 717 g/mol. The van der Waals surface area contributed by atoms with Crippen LogP contribution in [0.5, 0.6) is 0 Å². The topological polar surface area (TPSA) is 6.48 Å². The summed E-state index contributed by atoms with van der Waals surface area (Å²) in [5.41, 5.74) is 14.1. The summed E-state index contributed by atoms with van der Waals surface area (Å²) in [7, 11) is 0. The first-order valence-corrected chi connectivity index (χ1v) is 19.4. The maximum atomic E-state index is 2.42. The molecule has 0 atom stereocenters. The fraction of sp³-hybridized carbons (Fsp3) is 0.0370. The molecule has 0 aromatic heterocycles. The summed E-state index contributed by atoms with van der Waals surface area (Å²) in [5.74, 6) is 0. The normalized spacial score (nSPS) is 11.4. The second-order valence-electron chi connectivity index (χ2n) is 14.7. The second-order valence-corrected chi connectivity index (χ2v) is 14.7. The van der Waals surface area contributed by atoms with Gasteiger partial charge in [-0.05, 0) is 108 Å². The highest BCUT2D eigenvalue weighted by atomic mass is 15.1. The fourth-order valence-electron chi connectivity index (χ4n) is 8.43. The highest BCUT2D eigenvalue weighted by Gasteiger charge is 2.25. The first-order chi connectivity index (χ1) is 27.6. The maximum Gasteiger partial charge on any atom is 0.0546 e. The van der Waals surface area contributed by atoms with E-state index in [1.54, 1.807) is 0 Å². The third kappa shape index (κ3) is 5.75. The summed E-state index contributed by atoms with van der Waals surface area (Å²) >= 11 is 0. The van der Waals surface area contributed by atoms with Crippen molar-refractivity contribution in [3.63, 3.8) is 0 Å². The Morgan fingerprint density at radius 2 is 0.571 bits per heavy atom. The predicted octanol–water partition coefficient (Wildman–Crippen LogP) is 15.5. The lowest BCUT2D eigenvalue weighted by Gasteiger charge is -2.31. The van der Waals surface area contributed by atoms with Crippen molar-refractivity contribution in [1.82, 2.24) is 0 Å². The van der Waals surface area contributed by atoms with E-state index in [1.165, 1.54) is 65.7 Å². The number of benzene rings is 10. The van der Waals surface area contributed by atoms with Gasteiger partial charge in [-0.15, -0.1) is 0 Å². The monoisotopic (exact) mass is 716 g/mol. The van der Waals surface area contributed by atoms with Crippen LogP contribution in [0.1, 0.15) is 11.1 Å². The van der Waals surface area contributed by atoms with Gasteiger partial charge in [0.05, 0.1) is 11.4 Å². The van der Waals surface area contributed by atoms with E-state index in [2.05, 4.69) is 230 Å². The minimum atomic E-state index is 1.11. The van der Waals surface area contributed by atoms with Gasteiger partial charge in [0.25, 0.3) is 0 Å². The van der Waals surface area contributed by atoms with Crippen molar-refractivity contribution in [2.24, 2.45) is 0 Å². The van der Waals surface area contributed by atoms with Gasteiger partial charge in [-0.1, -0.05) is 157 Å². The summed E-state index contributed by atoms with van der Waals surface area (Å²) in [4.78, 5) is 4.84. The highest BCUT2D eigenvalue weighted by molar-refractivity contribution is 6.32. The molecule has 0 saturated heterocycles. The number of rotatable bonds is 8. The summed E-state index contributed by atoms with van der Waals surface area (Å²) in [6.07, 6.45) is 0. The van der Waals surface area contributed by atoms with Crippen LogP contribution >= 0.6 is 0 Å². The van der Waals surface area contributed by atoms with Crippen LogP contribution in [0.2, 0.25) is 0 Å². The Bertz CT molecular complexity index is 2650. The molecule has 10 aromatic rings. The van der Waals surface area contributed by atoms with E-state index in [0.717, 1.165) is 34.1 Å². The lowest BCUT2D eigenvalue weighted by atomic mass is 9.85. The smallest absolute Gasteiger partial charge is 0.0546 e. The van der Waals surface area contributed by atoms with E-state index in [1.807, 2.05) is 0 Å². The standard InChI is InChI=1S/C54H40N2/c1-37-23-27-39(28-24-37)49-35-51(55(41-15-7-3-8-16-41)42-17-9-4-10-18-42)47-34-32-46-50(40-29-25-38(2)26-30-40)36-52(48-33-31-45(49)53(47)54(46)48)56(43-19-11-5-12-20-43)44-21-13-6-14-22-44/h3-36H,1-2H3. The molecule has 0 aliphatic carbocycles. The largest absolute Gasteiger partial charge is 0.310 e. The first kappa shape index (κ1) is 33.4. The van der Waals surface area contributed by atoms with E-state index < -0.39 is 0 Å². The summed E-state index contributed by atoms with van der Waals surface area (Å²) in [6.45, 7) is 4.32. The van der Waals surface area contributed by atoms with Gasteiger partial charge in [-0.3, -0.25) is 0 Å². The lowest BCUT2D eigenvalue weighted by molar-refractivity contribution is 1.30. The number of nitrogens with zero attached hydrogens (tertiary/aromatic N) is 2. The third-order valence-electron chi connectivity index (χ3n) is 11.1. The zero-order chi connectivity index (χ0) is 37.6. The van der Waals surface area contributed by atoms with Gasteiger partial charge in [0.15, 0.2) is 0 Å². The molecule has 0 unspecified atom stereocenters. The molecule has 0 spiro atoms. The molecule has 2 heteroatoms.